The van der Waals surface area contributed by atoms with Crippen LogP contribution in [0.3, 0.4) is 0 Å². The Balaban J connectivity index is 3.51. The number of hydrogen-bond acceptors (Lipinski definition) is 3. The second kappa shape index (κ2) is 7.87. The number of carbonyl (C=O) groups excluding carboxylic acids is 2. The van der Waals surface area contributed by atoms with Crippen molar-refractivity contribution in [1.29, 1.82) is 0 Å². The van der Waals surface area contributed by atoms with Crippen LogP contribution >= 0.6 is 0 Å². The highest BCUT2D eigenvalue weighted by molar-refractivity contribution is 5.83. The number of likely N-dealkylation sites (N-methyl/N-ethyl adjacent to an activating group) is 1. The molecular formula is C11H20N2O3. The summed E-state index contributed by atoms with van der Waals surface area (Å²) in [6.07, 6.45) is 0. The molecule has 16 heavy (non-hydrogen) atoms. The van der Waals surface area contributed by atoms with Crippen molar-refractivity contribution in [2.75, 3.05) is 33.4 Å². The lowest BCUT2D eigenvalue weighted by Crippen LogP contribution is -2.38. The standard InChI is InChI=1S/C11H20N2O3/c1-9(2)8-16-6-5-12-11(15)7-13(4)10(3)14/h1,5-8H2,2-4H3,(H,12,15). The van der Waals surface area contributed by atoms with Crippen LogP contribution in [0.25, 0.3) is 0 Å². The van der Waals surface area contributed by atoms with Crippen molar-refractivity contribution in [3.05, 3.63) is 12.2 Å². The van der Waals surface area contributed by atoms with E-state index in [4.69, 9.17) is 4.74 Å². The molecule has 0 radical (unpaired) electrons. The fourth-order valence-corrected chi connectivity index (χ4v) is 0.892. The maximum atomic E-state index is 11.3. The Hall–Kier alpha value is -1.36. The maximum absolute atomic E-state index is 11.3. The van der Waals surface area contributed by atoms with Gasteiger partial charge in [0.05, 0.1) is 19.8 Å². The molecule has 0 rings (SSSR count). The molecule has 5 heteroatoms. The summed E-state index contributed by atoms with van der Waals surface area (Å²) in [5, 5.41) is 2.65. The van der Waals surface area contributed by atoms with E-state index in [1.165, 1.54) is 11.8 Å². The molecule has 0 aliphatic carbocycles. The lowest BCUT2D eigenvalue weighted by atomic mass is 10.4. The van der Waals surface area contributed by atoms with Crippen LogP contribution in [0.15, 0.2) is 12.2 Å². The Labute approximate surface area is 96.4 Å². The lowest BCUT2D eigenvalue weighted by Gasteiger charge is -2.14. The molecule has 0 aliphatic heterocycles. The van der Waals surface area contributed by atoms with E-state index in [2.05, 4.69) is 11.9 Å². The average molecular weight is 228 g/mol. The molecule has 0 spiro atoms. The number of nitrogens with one attached hydrogen (secondary N) is 1. The lowest BCUT2D eigenvalue weighted by molar-refractivity contribution is -0.133. The summed E-state index contributed by atoms with van der Waals surface area (Å²) in [7, 11) is 1.58. The molecule has 2 amide bonds. The van der Waals surface area contributed by atoms with E-state index in [-0.39, 0.29) is 18.4 Å². The smallest absolute Gasteiger partial charge is 0.239 e. The van der Waals surface area contributed by atoms with E-state index < -0.39 is 0 Å². The number of ether oxygens (including phenoxy) is 1. The summed E-state index contributed by atoms with van der Waals surface area (Å²) in [5.74, 6) is -0.315. The zero-order valence-electron chi connectivity index (χ0n) is 10.2. The molecule has 0 heterocycles. The van der Waals surface area contributed by atoms with Gasteiger partial charge < -0.3 is 15.0 Å². The summed E-state index contributed by atoms with van der Waals surface area (Å²) in [6.45, 7) is 8.46. The highest BCUT2D eigenvalue weighted by Gasteiger charge is 2.07. The van der Waals surface area contributed by atoms with Gasteiger partial charge in [0.1, 0.15) is 0 Å². The summed E-state index contributed by atoms with van der Waals surface area (Å²) < 4.78 is 5.20. The third-order valence-electron chi connectivity index (χ3n) is 1.84. The van der Waals surface area contributed by atoms with Crippen molar-refractivity contribution < 1.29 is 14.3 Å². The Bertz CT molecular complexity index is 264. The van der Waals surface area contributed by atoms with Crippen molar-refractivity contribution in [3.63, 3.8) is 0 Å². The number of amides is 2. The van der Waals surface area contributed by atoms with Gasteiger partial charge in [-0.3, -0.25) is 9.59 Å². The van der Waals surface area contributed by atoms with E-state index in [0.29, 0.717) is 19.8 Å². The van der Waals surface area contributed by atoms with Crippen LogP contribution in [0.1, 0.15) is 13.8 Å². The summed E-state index contributed by atoms with van der Waals surface area (Å²) in [4.78, 5) is 23.5. The van der Waals surface area contributed by atoms with Crippen molar-refractivity contribution >= 4 is 11.8 Å². The molecule has 0 aromatic rings. The van der Waals surface area contributed by atoms with E-state index in [0.717, 1.165) is 5.57 Å². The zero-order chi connectivity index (χ0) is 12.6. The molecular weight excluding hydrogens is 208 g/mol. The van der Waals surface area contributed by atoms with Crippen molar-refractivity contribution in [3.8, 4) is 0 Å². The van der Waals surface area contributed by atoms with Gasteiger partial charge in [-0.1, -0.05) is 12.2 Å². The Morgan fingerprint density at radius 3 is 2.50 bits per heavy atom. The number of nitrogens with zero attached hydrogens (tertiary/aromatic N) is 1. The molecule has 0 aliphatic rings. The van der Waals surface area contributed by atoms with Crippen molar-refractivity contribution in [2.45, 2.75) is 13.8 Å². The Morgan fingerprint density at radius 1 is 1.38 bits per heavy atom. The normalized spacial score (nSPS) is 9.69. The van der Waals surface area contributed by atoms with E-state index >= 15 is 0 Å². The molecule has 0 unspecified atom stereocenters. The highest BCUT2D eigenvalue weighted by atomic mass is 16.5. The fraction of sp³-hybridized carbons (Fsp3) is 0.636. The molecule has 1 N–H and O–H groups in total. The molecule has 0 aromatic heterocycles. The first-order chi connectivity index (χ1) is 7.43. The van der Waals surface area contributed by atoms with Crippen molar-refractivity contribution in [1.82, 2.24) is 10.2 Å². The van der Waals surface area contributed by atoms with Gasteiger partial charge in [-0.2, -0.15) is 0 Å². The summed E-state index contributed by atoms with van der Waals surface area (Å²) in [5.41, 5.74) is 0.947. The molecule has 5 nitrogen and oxygen atoms in total. The van der Waals surface area contributed by atoms with Gasteiger partial charge in [-0.05, 0) is 6.92 Å². The van der Waals surface area contributed by atoms with Gasteiger partial charge in [0, 0.05) is 20.5 Å². The molecule has 92 valence electrons. The third kappa shape index (κ3) is 7.99. The Morgan fingerprint density at radius 2 is 2.00 bits per heavy atom. The third-order valence-corrected chi connectivity index (χ3v) is 1.84. The quantitative estimate of drug-likeness (QED) is 0.499. The molecule has 0 fully saturated rings. The van der Waals surface area contributed by atoms with Crippen LogP contribution in [0.4, 0.5) is 0 Å². The van der Waals surface area contributed by atoms with Gasteiger partial charge in [0.25, 0.3) is 0 Å². The predicted molar refractivity (Wildman–Crippen MR) is 62.0 cm³/mol. The number of hydrogen-bond donors (Lipinski definition) is 1. The summed E-state index contributed by atoms with van der Waals surface area (Å²) >= 11 is 0. The van der Waals surface area contributed by atoms with Crippen LogP contribution in [0.2, 0.25) is 0 Å². The Kier molecular flexibility index (Phi) is 7.20. The maximum Gasteiger partial charge on any atom is 0.239 e. The van der Waals surface area contributed by atoms with E-state index in [9.17, 15) is 9.59 Å². The second-order valence-corrected chi connectivity index (χ2v) is 3.73. The topological polar surface area (TPSA) is 58.6 Å². The molecule has 0 aromatic carbocycles. The largest absolute Gasteiger partial charge is 0.375 e. The zero-order valence-corrected chi connectivity index (χ0v) is 10.2. The average Bonchev–Trinajstić information content (AvgIpc) is 2.16. The van der Waals surface area contributed by atoms with Crippen molar-refractivity contribution in [2.24, 2.45) is 0 Å². The minimum atomic E-state index is -0.184. The fourth-order valence-electron chi connectivity index (χ4n) is 0.892. The predicted octanol–water partition coefficient (Wildman–Crippen LogP) is 0.174. The number of carbonyl (C=O) groups is 2. The second-order valence-electron chi connectivity index (χ2n) is 3.73. The van der Waals surface area contributed by atoms with E-state index in [1.54, 1.807) is 7.05 Å². The van der Waals surface area contributed by atoms with Gasteiger partial charge in [-0.25, -0.2) is 0 Å². The SMILES string of the molecule is C=C(C)COCCNC(=O)CN(C)C(C)=O. The van der Waals surface area contributed by atoms with Gasteiger partial charge >= 0.3 is 0 Å². The van der Waals surface area contributed by atoms with Gasteiger partial charge in [-0.15, -0.1) is 0 Å². The minimum Gasteiger partial charge on any atom is -0.375 e. The number of rotatable bonds is 7. The molecule has 0 saturated carbocycles. The molecule has 0 bridgehead atoms. The monoisotopic (exact) mass is 228 g/mol. The summed E-state index contributed by atoms with van der Waals surface area (Å²) in [6, 6.07) is 0. The van der Waals surface area contributed by atoms with Crippen LogP contribution in [0.5, 0.6) is 0 Å². The van der Waals surface area contributed by atoms with Crippen LogP contribution in [-0.2, 0) is 14.3 Å². The highest BCUT2D eigenvalue weighted by Crippen LogP contribution is 1.87. The molecule has 0 atom stereocenters. The van der Waals surface area contributed by atoms with Crippen LogP contribution < -0.4 is 5.32 Å². The van der Waals surface area contributed by atoms with Gasteiger partial charge in [0.15, 0.2) is 0 Å². The first kappa shape index (κ1) is 14.6. The van der Waals surface area contributed by atoms with E-state index in [1.807, 2.05) is 6.92 Å². The van der Waals surface area contributed by atoms with Crippen LogP contribution in [0, 0.1) is 0 Å². The van der Waals surface area contributed by atoms with Crippen LogP contribution in [-0.4, -0.2) is 50.1 Å². The minimum absolute atomic E-state index is 0.0792. The first-order valence-electron chi connectivity index (χ1n) is 5.14. The van der Waals surface area contributed by atoms with Gasteiger partial charge in [0.2, 0.25) is 11.8 Å². The first-order valence-corrected chi connectivity index (χ1v) is 5.14. The molecule has 0 saturated heterocycles.